The highest BCUT2D eigenvalue weighted by Gasteiger charge is 2.18. The number of nitrogens with zero attached hydrogens (tertiary/aromatic N) is 2. The largest absolute Gasteiger partial charge is 0.367 e. The lowest BCUT2D eigenvalue weighted by molar-refractivity contribution is 0.263. The second kappa shape index (κ2) is 5.70. The molecule has 0 spiro atoms. The standard InChI is InChI=1S/C14H17FN2/c1-2-3-8-16-9-11-17(12-10-16)14-7-5-4-6-13(14)15/h1,4-7H,3,8-12H2. The lowest BCUT2D eigenvalue weighted by atomic mass is 10.2. The van der Waals surface area contributed by atoms with Crippen molar-refractivity contribution in [2.75, 3.05) is 37.6 Å². The van der Waals surface area contributed by atoms with Crippen molar-refractivity contribution in [2.45, 2.75) is 6.42 Å². The molecule has 0 bridgehead atoms. The number of hydrogen-bond acceptors (Lipinski definition) is 2. The fourth-order valence-electron chi connectivity index (χ4n) is 2.14. The van der Waals surface area contributed by atoms with Gasteiger partial charge in [-0.15, -0.1) is 12.3 Å². The molecule has 1 aliphatic rings. The number of terminal acetylenes is 1. The molecule has 2 rings (SSSR count). The van der Waals surface area contributed by atoms with Crippen LogP contribution in [-0.4, -0.2) is 37.6 Å². The van der Waals surface area contributed by atoms with Gasteiger partial charge in [0.15, 0.2) is 0 Å². The second-order valence-electron chi connectivity index (χ2n) is 4.23. The monoisotopic (exact) mass is 232 g/mol. The highest BCUT2D eigenvalue weighted by Crippen LogP contribution is 2.19. The van der Waals surface area contributed by atoms with Gasteiger partial charge in [0.25, 0.3) is 0 Å². The van der Waals surface area contributed by atoms with Gasteiger partial charge < -0.3 is 4.90 Å². The maximum absolute atomic E-state index is 13.6. The summed E-state index contributed by atoms with van der Waals surface area (Å²) in [7, 11) is 0. The molecule has 3 heteroatoms. The Bertz CT molecular complexity index is 403. The molecule has 0 unspecified atom stereocenters. The lowest BCUT2D eigenvalue weighted by Crippen LogP contribution is -2.46. The summed E-state index contributed by atoms with van der Waals surface area (Å²) >= 11 is 0. The quantitative estimate of drug-likeness (QED) is 0.735. The molecule has 0 atom stereocenters. The maximum Gasteiger partial charge on any atom is 0.146 e. The van der Waals surface area contributed by atoms with Gasteiger partial charge in [0.1, 0.15) is 5.82 Å². The molecule has 1 aromatic carbocycles. The molecule has 1 saturated heterocycles. The van der Waals surface area contributed by atoms with Crippen molar-refractivity contribution in [3.63, 3.8) is 0 Å². The number of anilines is 1. The molecule has 1 aliphatic heterocycles. The molecular formula is C14H17FN2. The van der Waals surface area contributed by atoms with Crippen LogP contribution >= 0.6 is 0 Å². The Kier molecular flexibility index (Phi) is 4.00. The van der Waals surface area contributed by atoms with E-state index in [0.29, 0.717) is 5.69 Å². The first-order valence-corrected chi connectivity index (χ1v) is 5.96. The van der Waals surface area contributed by atoms with Crippen molar-refractivity contribution < 1.29 is 4.39 Å². The normalized spacial score (nSPS) is 16.8. The second-order valence-corrected chi connectivity index (χ2v) is 4.23. The fraction of sp³-hybridized carbons (Fsp3) is 0.429. The van der Waals surface area contributed by atoms with Gasteiger partial charge in [-0.2, -0.15) is 0 Å². The van der Waals surface area contributed by atoms with Gasteiger partial charge in [0, 0.05) is 39.1 Å². The topological polar surface area (TPSA) is 6.48 Å². The maximum atomic E-state index is 13.6. The molecule has 0 aliphatic carbocycles. The minimum atomic E-state index is -0.135. The van der Waals surface area contributed by atoms with Crippen LogP contribution in [0.25, 0.3) is 0 Å². The van der Waals surface area contributed by atoms with E-state index in [-0.39, 0.29) is 5.82 Å². The Balaban J connectivity index is 1.91. The van der Waals surface area contributed by atoms with Crippen LogP contribution in [0.15, 0.2) is 24.3 Å². The summed E-state index contributed by atoms with van der Waals surface area (Å²) in [6, 6.07) is 6.96. The summed E-state index contributed by atoms with van der Waals surface area (Å²) < 4.78 is 13.6. The van der Waals surface area contributed by atoms with E-state index >= 15 is 0 Å². The number of para-hydroxylation sites is 1. The summed E-state index contributed by atoms with van der Waals surface area (Å²) in [5, 5.41) is 0. The Morgan fingerprint density at radius 2 is 1.88 bits per heavy atom. The van der Waals surface area contributed by atoms with Gasteiger partial charge in [-0.1, -0.05) is 12.1 Å². The molecular weight excluding hydrogens is 215 g/mol. The molecule has 0 aromatic heterocycles. The van der Waals surface area contributed by atoms with E-state index in [0.717, 1.165) is 39.1 Å². The first-order chi connectivity index (χ1) is 8.31. The molecule has 2 nitrogen and oxygen atoms in total. The zero-order chi connectivity index (χ0) is 12.1. The van der Waals surface area contributed by atoms with E-state index in [4.69, 9.17) is 6.42 Å². The van der Waals surface area contributed by atoms with Crippen LogP contribution in [0.3, 0.4) is 0 Å². The zero-order valence-corrected chi connectivity index (χ0v) is 9.90. The smallest absolute Gasteiger partial charge is 0.146 e. The number of benzene rings is 1. The molecule has 0 N–H and O–H groups in total. The molecule has 0 saturated carbocycles. The molecule has 17 heavy (non-hydrogen) atoms. The summed E-state index contributed by atoms with van der Waals surface area (Å²) in [5.41, 5.74) is 0.712. The first kappa shape index (κ1) is 11.9. The van der Waals surface area contributed by atoms with Gasteiger partial charge in [-0.05, 0) is 12.1 Å². The van der Waals surface area contributed by atoms with Gasteiger partial charge in [-0.3, -0.25) is 4.90 Å². The third kappa shape index (κ3) is 2.98. The van der Waals surface area contributed by atoms with Crippen molar-refractivity contribution >= 4 is 5.69 Å². The van der Waals surface area contributed by atoms with Crippen molar-refractivity contribution in [1.82, 2.24) is 4.90 Å². The molecule has 1 aromatic rings. The van der Waals surface area contributed by atoms with Crippen LogP contribution in [0.4, 0.5) is 10.1 Å². The van der Waals surface area contributed by atoms with E-state index in [1.165, 1.54) is 6.07 Å². The fourth-order valence-corrected chi connectivity index (χ4v) is 2.14. The highest BCUT2D eigenvalue weighted by molar-refractivity contribution is 5.47. The predicted octanol–water partition coefficient (Wildman–Crippen LogP) is 1.97. The first-order valence-electron chi connectivity index (χ1n) is 5.96. The van der Waals surface area contributed by atoms with Crippen LogP contribution in [0, 0.1) is 18.2 Å². The van der Waals surface area contributed by atoms with E-state index in [9.17, 15) is 4.39 Å². The zero-order valence-electron chi connectivity index (χ0n) is 9.90. The molecule has 90 valence electrons. The van der Waals surface area contributed by atoms with Crippen LogP contribution in [-0.2, 0) is 0 Å². The lowest BCUT2D eigenvalue weighted by Gasteiger charge is -2.35. The number of halogens is 1. The van der Waals surface area contributed by atoms with Gasteiger partial charge in [0.2, 0.25) is 0 Å². The summed E-state index contributed by atoms with van der Waals surface area (Å²) in [6.45, 7) is 4.59. The Labute approximate surface area is 102 Å². The van der Waals surface area contributed by atoms with E-state index in [2.05, 4.69) is 15.7 Å². The Morgan fingerprint density at radius 3 is 2.53 bits per heavy atom. The minimum absolute atomic E-state index is 0.135. The molecule has 1 heterocycles. The number of hydrogen-bond donors (Lipinski definition) is 0. The Morgan fingerprint density at radius 1 is 1.18 bits per heavy atom. The van der Waals surface area contributed by atoms with Crippen LogP contribution in [0.1, 0.15) is 6.42 Å². The molecule has 1 fully saturated rings. The third-order valence-electron chi connectivity index (χ3n) is 3.14. The summed E-state index contributed by atoms with van der Waals surface area (Å²) in [4.78, 5) is 4.43. The predicted molar refractivity (Wildman–Crippen MR) is 68.5 cm³/mol. The Hall–Kier alpha value is -1.53. The van der Waals surface area contributed by atoms with E-state index in [1.807, 2.05) is 12.1 Å². The third-order valence-corrected chi connectivity index (χ3v) is 3.14. The number of piperazine rings is 1. The van der Waals surface area contributed by atoms with Crippen molar-refractivity contribution in [3.05, 3.63) is 30.1 Å². The van der Waals surface area contributed by atoms with Crippen LogP contribution in [0.2, 0.25) is 0 Å². The van der Waals surface area contributed by atoms with Crippen molar-refractivity contribution in [3.8, 4) is 12.3 Å². The average Bonchev–Trinajstić information content (AvgIpc) is 2.38. The van der Waals surface area contributed by atoms with Gasteiger partial charge in [0.05, 0.1) is 5.69 Å². The van der Waals surface area contributed by atoms with E-state index in [1.54, 1.807) is 6.07 Å². The van der Waals surface area contributed by atoms with Crippen LogP contribution < -0.4 is 4.90 Å². The SMILES string of the molecule is C#CCCN1CCN(c2ccccc2F)CC1. The molecule has 0 amide bonds. The van der Waals surface area contributed by atoms with E-state index < -0.39 is 0 Å². The summed E-state index contributed by atoms with van der Waals surface area (Å²) in [5.74, 6) is 2.52. The van der Waals surface area contributed by atoms with Crippen molar-refractivity contribution in [2.24, 2.45) is 0 Å². The van der Waals surface area contributed by atoms with Gasteiger partial charge in [-0.25, -0.2) is 4.39 Å². The van der Waals surface area contributed by atoms with Crippen LogP contribution in [0.5, 0.6) is 0 Å². The molecule has 0 radical (unpaired) electrons. The van der Waals surface area contributed by atoms with Crippen molar-refractivity contribution in [1.29, 1.82) is 0 Å². The van der Waals surface area contributed by atoms with Gasteiger partial charge >= 0.3 is 0 Å². The minimum Gasteiger partial charge on any atom is -0.367 e. The number of rotatable bonds is 3. The summed E-state index contributed by atoms with van der Waals surface area (Å²) in [6.07, 6.45) is 6.04. The highest BCUT2D eigenvalue weighted by atomic mass is 19.1. The average molecular weight is 232 g/mol.